The molecular weight excluding hydrogens is 206 g/mol. The number of hydrogen-bond acceptors (Lipinski definition) is 1. The quantitative estimate of drug-likeness (QED) is 0.757. The highest BCUT2D eigenvalue weighted by atomic mass is 35.5. The van der Waals surface area contributed by atoms with E-state index in [1.165, 1.54) is 11.1 Å². The first kappa shape index (κ1) is 12.3. The van der Waals surface area contributed by atoms with Crippen LogP contribution in [-0.2, 0) is 0 Å². The van der Waals surface area contributed by atoms with E-state index in [1.54, 1.807) is 0 Å². The molecule has 0 heterocycles. The number of allylic oxidation sites excluding steroid dienone is 1. The highest BCUT2D eigenvalue weighted by molar-refractivity contribution is 6.30. The summed E-state index contributed by atoms with van der Waals surface area (Å²) in [6, 6.07) is 7.94. The first-order valence-electron chi connectivity index (χ1n) is 5.23. The van der Waals surface area contributed by atoms with Gasteiger partial charge in [-0.25, -0.2) is 0 Å². The molecule has 0 spiro atoms. The molecule has 1 rings (SSSR count). The molecule has 0 amide bonds. The maximum Gasteiger partial charge on any atom is 0.0406 e. The minimum Gasteiger partial charge on any atom is -0.330 e. The van der Waals surface area contributed by atoms with Gasteiger partial charge in [-0.3, -0.25) is 0 Å². The van der Waals surface area contributed by atoms with Gasteiger partial charge >= 0.3 is 0 Å². The van der Waals surface area contributed by atoms with Gasteiger partial charge in [0.15, 0.2) is 0 Å². The summed E-state index contributed by atoms with van der Waals surface area (Å²) in [6.07, 6.45) is 2.10. The predicted molar refractivity (Wildman–Crippen MR) is 67.3 cm³/mol. The molecule has 1 aromatic carbocycles. The Kier molecular flexibility index (Phi) is 4.86. The van der Waals surface area contributed by atoms with Gasteiger partial charge in [-0.15, -0.1) is 6.58 Å². The molecule has 0 fully saturated rings. The van der Waals surface area contributed by atoms with Gasteiger partial charge in [-0.1, -0.05) is 29.3 Å². The average molecular weight is 224 g/mol. The van der Waals surface area contributed by atoms with Crippen molar-refractivity contribution in [2.24, 2.45) is 5.73 Å². The zero-order valence-corrected chi connectivity index (χ0v) is 9.93. The minimum absolute atomic E-state index is 0.416. The molecular formula is C13H18ClN. The topological polar surface area (TPSA) is 26.0 Å². The van der Waals surface area contributed by atoms with E-state index in [1.807, 2.05) is 12.1 Å². The molecule has 1 aromatic rings. The second kappa shape index (κ2) is 5.94. The molecule has 0 aliphatic carbocycles. The van der Waals surface area contributed by atoms with E-state index in [0.717, 1.165) is 17.9 Å². The smallest absolute Gasteiger partial charge is 0.0406 e. The fraction of sp³-hybridized carbons (Fsp3) is 0.385. The normalized spacial score (nSPS) is 12.5. The van der Waals surface area contributed by atoms with Crippen LogP contribution in [0.1, 0.15) is 31.2 Å². The Morgan fingerprint density at radius 1 is 1.40 bits per heavy atom. The lowest BCUT2D eigenvalue weighted by Gasteiger charge is -2.15. The number of rotatable bonds is 5. The van der Waals surface area contributed by atoms with Gasteiger partial charge in [0.25, 0.3) is 0 Å². The van der Waals surface area contributed by atoms with E-state index in [0.29, 0.717) is 12.5 Å². The van der Waals surface area contributed by atoms with Crippen molar-refractivity contribution in [1.29, 1.82) is 0 Å². The van der Waals surface area contributed by atoms with E-state index in [-0.39, 0.29) is 0 Å². The third-order valence-corrected chi connectivity index (χ3v) is 2.80. The molecule has 0 aromatic heterocycles. The molecule has 0 radical (unpaired) electrons. The molecule has 15 heavy (non-hydrogen) atoms. The standard InChI is InChI=1S/C13H18ClN/c1-10(2)3-4-12(9-15)11-5-7-13(14)8-6-11/h5-8,12H,1,3-4,9,15H2,2H3. The van der Waals surface area contributed by atoms with Crippen molar-refractivity contribution in [3.8, 4) is 0 Å². The summed E-state index contributed by atoms with van der Waals surface area (Å²) in [4.78, 5) is 0. The summed E-state index contributed by atoms with van der Waals surface area (Å²) in [5, 5.41) is 0.773. The molecule has 82 valence electrons. The van der Waals surface area contributed by atoms with Gasteiger partial charge in [0.2, 0.25) is 0 Å². The number of halogens is 1. The van der Waals surface area contributed by atoms with E-state index >= 15 is 0 Å². The lowest BCUT2D eigenvalue weighted by Crippen LogP contribution is -2.12. The summed E-state index contributed by atoms with van der Waals surface area (Å²) in [5.74, 6) is 0.416. The number of hydrogen-bond donors (Lipinski definition) is 1. The highest BCUT2D eigenvalue weighted by Gasteiger charge is 2.09. The fourth-order valence-electron chi connectivity index (χ4n) is 1.58. The van der Waals surface area contributed by atoms with E-state index in [9.17, 15) is 0 Å². The second-order valence-electron chi connectivity index (χ2n) is 3.98. The SMILES string of the molecule is C=C(C)CCC(CN)c1ccc(Cl)cc1. The lowest BCUT2D eigenvalue weighted by atomic mass is 9.93. The molecule has 1 unspecified atom stereocenters. The van der Waals surface area contributed by atoms with Crippen LogP contribution in [0.4, 0.5) is 0 Å². The van der Waals surface area contributed by atoms with Gasteiger partial charge in [0.05, 0.1) is 0 Å². The molecule has 0 aliphatic rings. The number of nitrogens with two attached hydrogens (primary N) is 1. The van der Waals surface area contributed by atoms with Crippen molar-refractivity contribution >= 4 is 11.6 Å². The van der Waals surface area contributed by atoms with Crippen LogP contribution in [0.2, 0.25) is 5.02 Å². The first-order chi connectivity index (χ1) is 7.13. The summed E-state index contributed by atoms with van der Waals surface area (Å²) in [5.41, 5.74) is 8.24. The van der Waals surface area contributed by atoms with Gasteiger partial charge in [-0.2, -0.15) is 0 Å². The van der Waals surface area contributed by atoms with Crippen LogP contribution in [0.5, 0.6) is 0 Å². The molecule has 2 heteroatoms. The first-order valence-corrected chi connectivity index (χ1v) is 5.61. The van der Waals surface area contributed by atoms with Crippen molar-refractivity contribution in [3.63, 3.8) is 0 Å². The Balaban J connectivity index is 2.65. The van der Waals surface area contributed by atoms with Crippen LogP contribution in [0, 0.1) is 0 Å². The van der Waals surface area contributed by atoms with Crippen molar-refractivity contribution in [2.75, 3.05) is 6.54 Å². The summed E-state index contributed by atoms with van der Waals surface area (Å²) in [7, 11) is 0. The zero-order chi connectivity index (χ0) is 11.3. The molecule has 0 saturated heterocycles. The Bertz CT molecular complexity index is 316. The van der Waals surface area contributed by atoms with Crippen LogP contribution >= 0.6 is 11.6 Å². The van der Waals surface area contributed by atoms with Gasteiger partial charge in [0.1, 0.15) is 0 Å². The lowest BCUT2D eigenvalue weighted by molar-refractivity contribution is 0.632. The van der Waals surface area contributed by atoms with E-state index < -0.39 is 0 Å². The predicted octanol–water partition coefficient (Wildman–Crippen LogP) is 3.74. The van der Waals surface area contributed by atoms with Gasteiger partial charge in [-0.05, 0) is 49.9 Å². The average Bonchev–Trinajstić information content (AvgIpc) is 2.21. The summed E-state index contributed by atoms with van der Waals surface area (Å²) in [6.45, 7) is 6.63. The molecule has 1 atom stereocenters. The number of benzene rings is 1. The molecule has 2 N–H and O–H groups in total. The zero-order valence-electron chi connectivity index (χ0n) is 9.17. The van der Waals surface area contributed by atoms with Crippen LogP contribution in [0.15, 0.2) is 36.4 Å². The molecule has 0 saturated carbocycles. The Hall–Kier alpha value is -0.790. The Labute approximate surface area is 96.9 Å². The largest absolute Gasteiger partial charge is 0.330 e. The van der Waals surface area contributed by atoms with Crippen LogP contribution in [0.25, 0.3) is 0 Å². The van der Waals surface area contributed by atoms with Crippen LogP contribution < -0.4 is 5.73 Å². The Morgan fingerprint density at radius 2 is 2.00 bits per heavy atom. The third kappa shape index (κ3) is 4.06. The Morgan fingerprint density at radius 3 is 2.47 bits per heavy atom. The fourth-order valence-corrected chi connectivity index (χ4v) is 1.70. The van der Waals surface area contributed by atoms with Crippen molar-refractivity contribution < 1.29 is 0 Å². The third-order valence-electron chi connectivity index (χ3n) is 2.55. The van der Waals surface area contributed by atoms with Crippen LogP contribution in [-0.4, -0.2) is 6.54 Å². The van der Waals surface area contributed by atoms with E-state index in [4.69, 9.17) is 17.3 Å². The summed E-state index contributed by atoms with van der Waals surface area (Å²) < 4.78 is 0. The van der Waals surface area contributed by atoms with Crippen molar-refractivity contribution in [2.45, 2.75) is 25.7 Å². The van der Waals surface area contributed by atoms with Gasteiger partial charge < -0.3 is 5.73 Å². The minimum atomic E-state index is 0.416. The van der Waals surface area contributed by atoms with Crippen LogP contribution in [0.3, 0.4) is 0 Å². The second-order valence-corrected chi connectivity index (χ2v) is 4.42. The van der Waals surface area contributed by atoms with Crippen molar-refractivity contribution in [3.05, 3.63) is 47.0 Å². The molecule has 1 nitrogen and oxygen atoms in total. The molecule has 0 bridgehead atoms. The summed E-state index contributed by atoms with van der Waals surface area (Å²) >= 11 is 5.84. The monoisotopic (exact) mass is 223 g/mol. The maximum atomic E-state index is 5.84. The van der Waals surface area contributed by atoms with Gasteiger partial charge in [0, 0.05) is 5.02 Å². The van der Waals surface area contributed by atoms with Crippen molar-refractivity contribution in [1.82, 2.24) is 0 Å². The highest BCUT2D eigenvalue weighted by Crippen LogP contribution is 2.23. The molecule has 0 aliphatic heterocycles. The maximum absolute atomic E-state index is 5.84. The van der Waals surface area contributed by atoms with E-state index in [2.05, 4.69) is 25.6 Å².